The van der Waals surface area contributed by atoms with E-state index in [4.69, 9.17) is 5.11 Å². The first-order valence-corrected chi connectivity index (χ1v) is 7.58. The molecule has 0 bridgehead atoms. The largest absolute Gasteiger partial charge is 0.478 e. The molecule has 2 rings (SSSR count). The van der Waals surface area contributed by atoms with Gasteiger partial charge < -0.3 is 9.67 Å². The Hall–Kier alpha value is -2.36. The third-order valence-electron chi connectivity index (χ3n) is 2.82. The monoisotopic (exact) mass is 334 g/mol. The highest BCUT2D eigenvalue weighted by atomic mass is 32.2. The molecule has 0 aliphatic carbocycles. The van der Waals surface area contributed by atoms with Gasteiger partial charge in [0, 0.05) is 18.6 Å². The lowest BCUT2D eigenvalue weighted by Crippen LogP contribution is -2.16. The van der Waals surface area contributed by atoms with Crippen molar-refractivity contribution in [1.29, 1.82) is 0 Å². The zero-order chi connectivity index (χ0) is 16.7. The predicted octanol–water partition coefficient (Wildman–Crippen LogP) is 1.99. The number of hydrogen-bond acceptors (Lipinski definition) is 4. The number of carbonyl (C=O) groups is 1. The highest BCUT2D eigenvalue weighted by Gasteiger charge is 2.37. The van der Waals surface area contributed by atoms with Crippen molar-refractivity contribution in [2.45, 2.75) is 11.1 Å². The first-order valence-electron chi connectivity index (χ1n) is 5.68. The quantitative estimate of drug-likeness (QED) is 0.927. The minimum absolute atomic E-state index is 0.322. The molecule has 0 saturated carbocycles. The number of alkyl halides is 3. The van der Waals surface area contributed by atoms with Crippen molar-refractivity contribution in [1.82, 2.24) is 9.55 Å². The molecule has 1 heterocycles. The molecule has 1 N–H and O–H groups in total. The molecule has 0 radical (unpaired) electrons. The maximum Gasteiger partial charge on any atom is 0.417 e. The molecule has 22 heavy (non-hydrogen) atoms. The van der Waals surface area contributed by atoms with Gasteiger partial charge >= 0.3 is 12.1 Å². The smallest absolute Gasteiger partial charge is 0.417 e. The summed E-state index contributed by atoms with van der Waals surface area (Å²) in [5.74, 6) is -1.87. The average molecular weight is 334 g/mol. The Morgan fingerprint density at radius 3 is 2.36 bits per heavy atom. The van der Waals surface area contributed by atoms with Crippen molar-refractivity contribution >= 4 is 15.8 Å². The van der Waals surface area contributed by atoms with Crippen molar-refractivity contribution in [3.05, 3.63) is 42.0 Å². The van der Waals surface area contributed by atoms with Gasteiger partial charge in [0.15, 0.2) is 9.84 Å². The number of sulfone groups is 1. The van der Waals surface area contributed by atoms with Gasteiger partial charge in [-0.25, -0.2) is 18.2 Å². The van der Waals surface area contributed by atoms with Crippen LogP contribution in [-0.4, -0.2) is 35.3 Å². The molecule has 118 valence electrons. The molecule has 10 heteroatoms. The van der Waals surface area contributed by atoms with Crippen LogP contribution in [0.1, 0.15) is 15.9 Å². The standard InChI is InChI=1S/C12H9F3N2O4S/c1-22(20,21)10-4-7(11(18)19)8(12(13,14)15)5-9(10)17-3-2-16-6-17/h2-6H,1H3,(H,18,19). The van der Waals surface area contributed by atoms with Gasteiger partial charge in [0.2, 0.25) is 0 Å². The number of rotatable bonds is 3. The number of hydrogen-bond donors (Lipinski definition) is 1. The van der Waals surface area contributed by atoms with Gasteiger partial charge in [-0.3, -0.25) is 0 Å². The number of aromatic carboxylic acids is 1. The molecule has 0 aliphatic rings. The van der Waals surface area contributed by atoms with Gasteiger partial charge in [-0.05, 0) is 12.1 Å². The Labute approximate surface area is 122 Å². The summed E-state index contributed by atoms with van der Waals surface area (Å²) in [6.07, 6.45) is -0.541. The van der Waals surface area contributed by atoms with E-state index in [0.717, 1.165) is 17.2 Å². The highest BCUT2D eigenvalue weighted by molar-refractivity contribution is 7.90. The Kier molecular flexibility index (Phi) is 3.73. The van der Waals surface area contributed by atoms with Crippen molar-refractivity contribution < 1.29 is 31.5 Å². The molecule has 0 aliphatic heterocycles. The minimum Gasteiger partial charge on any atom is -0.478 e. The second-order valence-electron chi connectivity index (χ2n) is 4.41. The second-order valence-corrected chi connectivity index (χ2v) is 6.39. The Bertz CT molecular complexity index is 827. The van der Waals surface area contributed by atoms with Gasteiger partial charge in [-0.15, -0.1) is 0 Å². The van der Waals surface area contributed by atoms with Crippen LogP contribution in [0.3, 0.4) is 0 Å². The Morgan fingerprint density at radius 2 is 1.95 bits per heavy atom. The van der Waals surface area contributed by atoms with E-state index in [1.165, 1.54) is 12.4 Å². The van der Waals surface area contributed by atoms with Crippen LogP contribution in [0.25, 0.3) is 5.69 Å². The molecule has 0 atom stereocenters. The molecule has 1 aromatic heterocycles. The van der Waals surface area contributed by atoms with Crippen LogP contribution in [0.2, 0.25) is 0 Å². The fourth-order valence-electron chi connectivity index (χ4n) is 1.88. The first kappa shape index (κ1) is 16.0. The summed E-state index contributed by atoms with van der Waals surface area (Å²) in [6, 6.07) is 0.997. The van der Waals surface area contributed by atoms with Crippen molar-refractivity contribution in [2.75, 3.05) is 6.26 Å². The van der Waals surface area contributed by atoms with Crippen LogP contribution in [0.5, 0.6) is 0 Å². The predicted molar refractivity (Wildman–Crippen MR) is 68.6 cm³/mol. The van der Waals surface area contributed by atoms with E-state index in [1.807, 2.05) is 0 Å². The summed E-state index contributed by atoms with van der Waals surface area (Å²) in [7, 11) is -3.96. The normalized spacial score (nSPS) is 12.4. The molecule has 1 aromatic carbocycles. The first-order chi connectivity index (χ1) is 10.0. The summed E-state index contributed by atoms with van der Waals surface area (Å²) >= 11 is 0. The number of imidazole rings is 1. The molecule has 0 fully saturated rings. The maximum atomic E-state index is 13.0. The number of halogens is 3. The van der Waals surface area contributed by atoms with Crippen LogP contribution in [0.4, 0.5) is 13.2 Å². The topological polar surface area (TPSA) is 89.3 Å². The minimum atomic E-state index is -4.95. The second kappa shape index (κ2) is 5.13. The van der Waals surface area contributed by atoms with E-state index in [-0.39, 0.29) is 5.69 Å². The van der Waals surface area contributed by atoms with Gasteiger partial charge in [-0.2, -0.15) is 13.2 Å². The fourth-order valence-corrected chi connectivity index (χ4v) is 2.76. The Balaban J connectivity index is 2.91. The molecule has 0 spiro atoms. The van der Waals surface area contributed by atoms with Crippen molar-refractivity contribution in [2.24, 2.45) is 0 Å². The molecule has 0 unspecified atom stereocenters. The van der Waals surface area contributed by atoms with Gasteiger partial charge in [0.1, 0.15) is 0 Å². The van der Waals surface area contributed by atoms with Crippen LogP contribution in [0.15, 0.2) is 35.7 Å². The fraction of sp³-hybridized carbons (Fsp3) is 0.167. The molecular formula is C12H9F3N2O4S. The number of carboxylic acid groups (broad SMARTS) is 1. The van der Waals surface area contributed by atoms with Crippen LogP contribution >= 0.6 is 0 Å². The molecule has 6 nitrogen and oxygen atoms in total. The van der Waals surface area contributed by atoms with E-state index in [1.54, 1.807) is 0 Å². The number of aromatic nitrogens is 2. The summed E-state index contributed by atoms with van der Waals surface area (Å²) in [6.45, 7) is 0. The molecule has 0 amide bonds. The average Bonchev–Trinajstić information content (AvgIpc) is 2.88. The third-order valence-corrected chi connectivity index (χ3v) is 3.94. The van der Waals surface area contributed by atoms with Gasteiger partial charge in [0.05, 0.1) is 28.0 Å². The lowest BCUT2D eigenvalue weighted by Gasteiger charge is -2.16. The van der Waals surface area contributed by atoms with E-state index in [0.29, 0.717) is 12.1 Å². The highest BCUT2D eigenvalue weighted by Crippen LogP contribution is 2.36. The van der Waals surface area contributed by atoms with E-state index >= 15 is 0 Å². The number of benzene rings is 1. The van der Waals surface area contributed by atoms with E-state index in [9.17, 15) is 26.4 Å². The summed E-state index contributed by atoms with van der Waals surface area (Å²) in [5.41, 5.74) is -2.88. The zero-order valence-corrected chi connectivity index (χ0v) is 11.8. The van der Waals surface area contributed by atoms with Crippen molar-refractivity contribution in [3.8, 4) is 5.69 Å². The Morgan fingerprint density at radius 1 is 1.32 bits per heavy atom. The maximum absolute atomic E-state index is 13.0. The summed E-state index contributed by atoms with van der Waals surface area (Å²) < 4.78 is 63.7. The zero-order valence-electron chi connectivity index (χ0n) is 11.0. The summed E-state index contributed by atoms with van der Waals surface area (Å²) in [4.78, 5) is 14.1. The lowest BCUT2D eigenvalue weighted by atomic mass is 10.1. The van der Waals surface area contributed by atoms with E-state index < -0.39 is 38.0 Å². The third kappa shape index (κ3) is 2.96. The van der Waals surface area contributed by atoms with Crippen molar-refractivity contribution in [3.63, 3.8) is 0 Å². The van der Waals surface area contributed by atoms with Gasteiger partial charge in [0.25, 0.3) is 0 Å². The van der Waals surface area contributed by atoms with Gasteiger partial charge in [-0.1, -0.05) is 0 Å². The summed E-state index contributed by atoms with van der Waals surface area (Å²) in [5, 5.41) is 8.93. The number of carboxylic acids is 1. The molecule has 2 aromatic rings. The number of nitrogens with zero attached hydrogens (tertiary/aromatic N) is 2. The van der Waals surface area contributed by atoms with Crippen LogP contribution in [0, 0.1) is 0 Å². The molecular weight excluding hydrogens is 325 g/mol. The molecule has 0 saturated heterocycles. The van der Waals surface area contributed by atoms with Crippen LogP contribution in [-0.2, 0) is 16.0 Å². The van der Waals surface area contributed by atoms with Crippen LogP contribution < -0.4 is 0 Å². The van der Waals surface area contributed by atoms with E-state index in [2.05, 4.69) is 4.98 Å². The lowest BCUT2D eigenvalue weighted by molar-refractivity contribution is -0.138. The SMILES string of the molecule is CS(=O)(=O)c1cc(C(=O)O)c(C(F)(F)F)cc1-n1ccnc1.